The molecule has 2 aromatic heterocycles. The van der Waals surface area contributed by atoms with Crippen LogP contribution in [0.3, 0.4) is 0 Å². The average Bonchev–Trinajstić information content (AvgIpc) is 3.12. The molecule has 126 valence electrons. The minimum Gasteiger partial charge on any atom is -0.317 e. The average molecular weight is 344 g/mol. The van der Waals surface area contributed by atoms with Crippen LogP contribution in [0.5, 0.6) is 0 Å². The molecule has 1 amide bonds. The first kappa shape index (κ1) is 16.5. The van der Waals surface area contributed by atoms with Gasteiger partial charge in [0.15, 0.2) is 0 Å². The third-order valence-corrected chi connectivity index (χ3v) is 4.49. The molecule has 8 heteroatoms. The van der Waals surface area contributed by atoms with Gasteiger partial charge < -0.3 is 9.47 Å². The van der Waals surface area contributed by atoms with Gasteiger partial charge in [-0.05, 0) is 32.6 Å². The van der Waals surface area contributed by atoms with Gasteiger partial charge in [-0.25, -0.2) is 4.98 Å². The van der Waals surface area contributed by atoms with Crippen molar-refractivity contribution < 1.29 is 4.79 Å². The standard InChI is InChI=1S/C16H20N6OS/c1-4-15-19-20-16(24-15)18-14(23)10-22-12-8-6-5-7-11(12)17-13(22)9-21(2)3/h5-8H,4,9-10H2,1-3H3,(H,18,20,23). The molecule has 0 spiro atoms. The SMILES string of the molecule is CCc1nnc(NC(=O)Cn2c(CN(C)C)nc3ccccc32)s1. The Morgan fingerprint density at radius 2 is 2.08 bits per heavy atom. The molecule has 0 saturated heterocycles. The van der Waals surface area contributed by atoms with Gasteiger partial charge in [-0.15, -0.1) is 10.2 Å². The molecule has 1 aromatic carbocycles. The normalized spacial score (nSPS) is 11.3. The zero-order valence-corrected chi connectivity index (χ0v) is 14.8. The predicted molar refractivity (Wildman–Crippen MR) is 95.0 cm³/mol. The number of hydrogen-bond acceptors (Lipinski definition) is 6. The van der Waals surface area contributed by atoms with Crippen molar-refractivity contribution in [3.8, 4) is 0 Å². The minimum absolute atomic E-state index is 0.128. The van der Waals surface area contributed by atoms with Crippen LogP contribution in [0.4, 0.5) is 5.13 Å². The van der Waals surface area contributed by atoms with Crippen LogP contribution < -0.4 is 5.32 Å². The van der Waals surface area contributed by atoms with E-state index in [0.717, 1.165) is 28.3 Å². The van der Waals surface area contributed by atoms with Crippen LogP contribution in [-0.4, -0.2) is 44.7 Å². The third-order valence-electron chi connectivity index (χ3n) is 3.51. The second-order valence-corrected chi connectivity index (χ2v) is 6.81. The molecule has 0 radical (unpaired) electrons. The molecule has 0 aliphatic carbocycles. The topological polar surface area (TPSA) is 75.9 Å². The van der Waals surface area contributed by atoms with Crippen LogP contribution in [0.2, 0.25) is 0 Å². The van der Waals surface area contributed by atoms with Crippen LogP contribution >= 0.6 is 11.3 Å². The lowest BCUT2D eigenvalue weighted by molar-refractivity contribution is -0.116. The number of aryl methyl sites for hydroxylation is 1. The first-order chi connectivity index (χ1) is 11.6. The Balaban J connectivity index is 1.83. The zero-order valence-electron chi connectivity index (χ0n) is 14.0. The summed E-state index contributed by atoms with van der Waals surface area (Å²) in [4.78, 5) is 19.1. The van der Waals surface area contributed by atoms with Crippen molar-refractivity contribution in [3.63, 3.8) is 0 Å². The van der Waals surface area contributed by atoms with Gasteiger partial charge in [-0.2, -0.15) is 0 Å². The number of fused-ring (bicyclic) bond motifs is 1. The Bertz CT molecular complexity index is 853. The van der Waals surface area contributed by atoms with Gasteiger partial charge in [0, 0.05) is 0 Å². The molecule has 0 aliphatic rings. The van der Waals surface area contributed by atoms with Crippen molar-refractivity contribution in [1.82, 2.24) is 24.6 Å². The van der Waals surface area contributed by atoms with E-state index in [1.54, 1.807) is 0 Å². The molecule has 0 aliphatic heterocycles. The van der Waals surface area contributed by atoms with Gasteiger partial charge in [-0.3, -0.25) is 10.1 Å². The number of carbonyl (C=O) groups is 1. The number of nitrogens with zero attached hydrogens (tertiary/aromatic N) is 5. The lowest BCUT2D eigenvalue weighted by atomic mass is 10.3. The first-order valence-electron chi connectivity index (χ1n) is 7.78. The smallest absolute Gasteiger partial charge is 0.246 e. The Kier molecular flexibility index (Phi) is 4.86. The van der Waals surface area contributed by atoms with E-state index in [1.165, 1.54) is 11.3 Å². The summed E-state index contributed by atoms with van der Waals surface area (Å²) in [7, 11) is 3.97. The lowest BCUT2D eigenvalue weighted by Crippen LogP contribution is -2.22. The predicted octanol–water partition coefficient (Wildman–Crippen LogP) is 2.15. The van der Waals surface area contributed by atoms with E-state index in [2.05, 4.69) is 20.5 Å². The summed E-state index contributed by atoms with van der Waals surface area (Å²) < 4.78 is 1.95. The summed E-state index contributed by atoms with van der Waals surface area (Å²) in [5.74, 6) is 0.736. The van der Waals surface area contributed by atoms with E-state index in [9.17, 15) is 4.79 Å². The maximum Gasteiger partial charge on any atom is 0.246 e. The fraction of sp³-hybridized carbons (Fsp3) is 0.375. The van der Waals surface area contributed by atoms with Crippen LogP contribution in [0.15, 0.2) is 24.3 Å². The van der Waals surface area contributed by atoms with Crippen molar-refractivity contribution in [1.29, 1.82) is 0 Å². The second-order valence-electron chi connectivity index (χ2n) is 5.74. The molecule has 7 nitrogen and oxygen atoms in total. The maximum absolute atomic E-state index is 12.4. The van der Waals surface area contributed by atoms with E-state index in [4.69, 9.17) is 0 Å². The molecular weight excluding hydrogens is 324 g/mol. The molecule has 24 heavy (non-hydrogen) atoms. The lowest BCUT2D eigenvalue weighted by Gasteiger charge is -2.12. The summed E-state index contributed by atoms with van der Waals surface area (Å²) in [6.45, 7) is 2.88. The summed E-state index contributed by atoms with van der Waals surface area (Å²) in [5, 5.41) is 12.3. The zero-order chi connectivity index (χ0) is 17.1. The van der Waals surface area contributed by atoms with Gasteiger partial charge in [-0.1, -0.05) is 30.4 Å². The first-order valence-corrected chi connectivity index (χ1v) is 8.59. The maximum atomic E-state index is 12.4. The van der Waals surface area contributed by atoms with E-state index in [-0.39, 0.29) is 12.5 Å². The Morgan fingerprint density at radius 3 is 2.79 bits per heavy atom. The number of carbonyl (C=O) groups excluding carboxylic acids is 1. The van der Waals surface area contributed by atoms with Crippen LogP contribution in [0.1, 0.15) is 17.8 Å². The quantitative estimate of drug-likeness (QED) is 0.741. The number of rotatable bonds is 6. The Labute approximate surface area is 144 Å². The summed E-state index contributed by atoms with van der Waals surface area (Å²) in [6, 6.07) is 7.85. The van der Waals surface area contributed by atoms with Crippen molar-refractivity contribution in [3.05, 3.63) is 35.1 Å². The van der Waals surface area contributed by atoms with E-state index < -0.39 is 0 Å². The molecule has 1 N–H and O–H groups in total. The van der Waals surface area contributed by atoms with Gasteiger partial charge in [0.05, 0.1) is 17.6 Å². The molecule has 0 bridgehead atoms. The number of amides is 1. The molecule has 3 rings (SSSR count). The molecule has 0 saturated carbocycles. The highest BCUT2D eigenvalue weighted by molar-refractivity contribution is 7.15. The molecule has 3 aromatic rings. The number of imidazole rings is 1. The van der Waals surface area contributed by atoms with Crippen molar-refractivity contribution in [2.75, 3.05) is 19.4 Å². The molecule has 2 heterocycles. The third kappa shape index (κ3) is 3.60. The number of nitrogens with one attached hydrogen (secondary N) is 1. The molecule has 0 atom stereocenters. The molecule has 0 fully saturated rings. The van der Waals surface area contributed by atoms with E-state index in [0.29, 0.717) is 11.7 Å². The molecular formula is C16H20N6OS. The number of anilines is 1. The van der Waals surface area contributed by atoms with Crippen LogP contribution in [0.25, 0.3) is 11.0 Å². The van der Waals surface area contributed by atoms with Gasteiger partial charge >= 0.3 is 0 Å². The highest BCUT2D eigenvalue weighted by Crippen LogP contribution is 2.18. The van der Waals surface area contributed by atoms with Crippen molar-refractivity contribution in [2.45, 2.75) is 26.4 Å². The minimum atomic E-state index is -0.128. The van der Waals surface area contributed by atoms with Gasteiger partial charge in [0.1, 0.15) is 17.4 Å². The largest absolute Gasteiger partial charge is 0.317 e. The Morgan fingerprint density at radius 1 is 1.29 bits per heavy atom. The van der Waals surface area contributed by atoms with Crippen molar-refractivity contribution in [2.24, 2.45) is 0 Å². The monoisotopic (exact) mass is 344 g/mol. The van der Waals surface area contributed by atoms with E-state index in [1.807, 2.05) is 54.8 Å². The highest BCUT2D eigenvalue weighted by atomic mass is 32.1. The molecule has 0 unspecified atom stereocenters. The number of para-hydroxylation sites is 2. The summed E-state index contributed by atoms with van der Waals surface area (Å²) in [5.41, 5.74) is 1.85. The van der Waals surface area contributed by atoms with Crippen LogP contribution in [-0.2, 0) is 24.3 Å². The highest BCUT2D eigenvalue weighted by Gasteiger charge is 2.15. The van der Waals surface area contributed by atoms with E-state index >= 15 is 0 Å². The van der Waals surface area contributed by atoms with Gasteiger partial charge in [0.25, 0.3) is 0 Å². The second kappa shape index (κ2) is 7.06. The summed E-state index contributed by atoms with van der Waals surface area (Å²) in [6.07, 6.45) is 0.812. The van der Waals surface area contributed by atoms with Crippen molar-refractivity contribution >= 4 is 33.4 Å². The van der Waals surface area contributed by atoms with Crippen LogP contribution in [0, 0.1) is 0 Å². The summed E-state index contributed by atoms with van der Waals surface area (Å²) >= 11 is 1.41. The number of hydrogen-bond donors (Lipinski definition) is 1. The van der Waals surface area contributed by atoms with Gasteiger partial charge in [0.2, 0.25) is 11.0 Å². The fourth-order valence-corrected chi connectivity index (χ4v) is 3.15. The number of aromatic nitrogens is 4. The fourth-order valence-electron chi connectivity index (χ4n) is 2.45. The Hall–Kier alpha value is -2.32. The number of benzene rings is 1.